The molecule has 1 heterocycles. The van der Waals surface area contributed by atoms with Crippen LogP contribution < -0.4 is 5.32 Å². The molecule has 2 aliphatic rings. The zero-order valence-electron chi connectivity index (χ0n) is 12.8. The van der Waals surface area contributed by atoms with E-state index in [0.29, 0.717) is 0 Å². The van der Waals surface area contributed by atoms with Crippen molar-refractivity contribution in [3.8, 4) is 0 Å². The molecule has 1 aliphatic carbocycles. The van der Waals surface area contributed by atoms with Crippen LogP contribution in [-0.2, 0) is 6.54 Å². The molecule has 0 radical (unpaired) electrons. The van der Waals surface area contributed by atoms with Crippen LogP contribution in [0.5, 0.6) is 0 Å². The van der Waals surface area contributed by atoms with Gasteiger partial charge in [0, 0.05) is 26.7 Å². The maximum absolute atomic E-state index is 4.47. The van der Waals surface area contributed by atoms with Crippen molar-refractivity contribution in [3.05, 3.63) is 35.9 Å². The molecule has 1 saturated heterocycles. The topological polar surface area (TPSA) is 27.6 Å². The second-order valence-corrected chi connectivity index (χ2v) is 6.10. The number of hydrogen-bond donors (Lipinski definition) is 1. The molecule has 1 aliphatic heterocycles. The van der Waals surface area contributed by atoms with Crippen LogP contribution in [-0.4, -0.2) is 31.0 Å². The summed E-state index contributed by atoms with van der Waals surface area (Å²) in [4.78, 5) is 6.94. The number of nitrogens with one attached hydrogen (secondary N) is 1. The van der Waals surface area contributed by atoms with Crippen LogP contribution in [0.3, 0.4) is 0 Å². The zero-order chi connectivity index (χ0) is 13.8. The molecule has 0 spiro atoms. The van der Waals surface area contributed by atoms with E-state index >= 15 is 0 Å². The average molecular weight is 399 g/mol. The molecular formula is C17H26IN3. The van der Waals surface area contributed by atoms with E-state index in [1.165, 1.54) is 44.3 Å². The summed E-state index contributed by atoms with van der Waals surface area (Å²) in [7, 11) is 1.90. The second-order valence-electron chi connectivity index (χ2n) is 6.10. The first-order valence-corrected chi connectivity index (χ1v) is 7.86. The molecule has 1 N–H and O–H groups in total. The third-order valence-electron chi connectivity index (χ3n) is 4.78. The van der Waals surface area contributed by atoms with Gasteiger partial charge < -0.3 is 10.2 Å². The summed E-state index contributed by atoms with van der Waals surface area (Å²) < 4.78 is 0. The molecule has 1 aromatic rings. The molecule has 0 amide bonds. The first-order valence-electron chi connectivity index (χ1n) is 7.86. The van der Waals surface area contributed by atoms with E-state index in [1.807, 2.05) is 7.05 Å². The van der Waals surface area contributed by atoms with E-state index in [2.05, 4.69) is 45.5 Å². The standard InChI is InChI=1S/C17H25N3.HI/c1-18-17(19-11-14-7-3-2-4-8-14)20-12-15-9-5-6-10-16(15)13-20;/h2-4,7-8,15-16H,5-6,9-13H2,1H3,(H,18,19);1H. The van der Waals surface area contributed by atoms with Crippen molar-refractivity contribution in [2.45, 2.75) is 32.2 Å². The Bertz CT molecular complexity index is 446. The maximum atomic E-state index is 4.47. The summed E-state index contributed by atoms with van der Waals surface area (Å²) in [6.07, 6.45) is 5.67. The summed E-state index contributed by atoms with van der Waals surface area (Å²) in [5.74, 6) is 2.88. The predicted molar refractivity (Wildman–Crippen MR) is 99.1 cm³/mol. The Morgan fingerprint density at radius 3 is 2.33 bits per heavy atom. The highest BCUT2D eigenvalue weighted by atomic mass is 127. The Morgan fingerprint density at radius 2 is 1.76 bits per heavy atom. The van der Waals surface area contributed by atoms with E-state index < -0.39 is 0 Å². The number of fused-ring (bicyclic) bond motifs is 1. The van der Waals surface area contributed by atoms with Crippen LogP contribution in [0.1, 0.15) is 31.2 Å². The first kappa shape index (κ1) is 16.6. The second kappa shape index (κ2) is 8.01. The Kier molecular flexibility index (Phi) is 6.33. The van der Waals surface area contributed by atoms with E-state index in [4.69, 9.17) is 0 Å². The lowest BCUT2D eigenvalue weighted by molar-refractivity contribution is 0.299. The highest BCUT2D eigenvalue weighted by Crippen LogP contribution is 2.35. The van der Waals surface area contributed by atoms with Gasteiger partial charge in [0.2, 0.25) is 0 Å². The first-order chi connectivity index (χ1) is 9.86. The largest absolute Gasteiger partial charge is 0.352 e. The van der Waals surface area contributed by atoms with Gasteiger partial charge in [0.15, 0.2) is 5.96 Å². The lowest BCUT2D eigenvalue weighted by Gasteiger charge is -2.22. The normalized spacial score (nSPS) is 25.2. The van der Waals surface area contributed by atoms with Gasteiger partial charge in [-0.3, -0.25) is 4.99 Å². The predicted octanol–water partition coefficient (Wildman–Crippen LogP) is 3.50. The number of rotatable bonds is 2. The zero-order valence-corrected chi connectivity index (χ0v) is 15.1. The number of halogens is 1. The van der Waals surface area contributed by atoms with Crippen molar-refractivity contribution in [2.24, 2.45) is 16.8 Å². The van der Waals surface area contributed by atoms with Crippen LogP contribution in [0, 0.1) is 11.8 Å². The van der Waals surface area contributed by atoms with Crippen LogP contribution in [0.25, 0.3) is 0 Å². The molecular weight excluding hydrogens is 373 g/mol. The molecule has 1 saturated carbocycles. The maximum Gasteiger partial charge on any atom is 0.193 e. The lowest BCUT2D eigenvalue weighted by Crippen LogP contribution is -2.39. The summed E-state index contributed by atoms with van der Waals surface area (Å²) in [6, 6.07) is 10.5. The van der Waals surface area contributed by atoms with Crippen molar-refractivity contribution in [1.29, 1.82) is 0 Å². The van der Waals surface area contributed by atoms with E-state index in [0.717, 1.165) is 24.3 Å². The minimum absolute atomic E-state index is 0. The van der Waals surface area contributed by atoms with Gasteiger partial charge in [-0.2, -0.15) is 0 Å². The number of likely N-dealkylation sites (tertiary alicyclic amines) is 1. The summed E-state index contributed by atoms with van der Waals surface area (Å²) in [5, 5.41) is 3.51. The number of aliphatic imine (C=N–C) groups is 1. The van der Waals surface area contributed by atoms with Crippen molar-refractivity contribution >= 4 is 29.9 Å². The molecule has 3 nitrogen and oxygen atoms in total. The van der Waals surface area contributed by atoms with Gasteiger partial charge in [-0.15, -0.1) is 24.0 Å². The molecule has 2 atom stereocenters. The van der Waals surface area contributed by atoms with Gasteiger partial charge in [-0.05, 0) is 30.2 Å². The molecule has 2 fully saturated rings. The molecule has 1 aromatic carbocycles. The quantitative estimate of drug-likeness (QED) is 0.468. The summed E-state index contributed by atoms with van der Waals surface area (Å²) >= 11 is 0. The highest BCUT2D eigenvalue weighted by molar-refractivity contribution is 14.0. The van der Waals surface area contributed by atoms with Crippen LogP contribution in [0.4, 0.5) is 0 Å². The van der Waals surface area contributed by atoms with Gasteiger partial charge in [0.05, 0.1) is 0 Å². The number of guanidine groups is 1. The van der Waals surface area contributed by atoms with Gasteiger partial charge in [0.1, 0.15) is 0 Å². The van der Waals surface area contributed by atoms with Gasteiger partial charge in [-0.1, -0.05) is 43.2 Å². The van der Waals surface area contributed by atoms with Gasteiger partial charge in [0.25, 0.3) is 0 Å². The van der Waals surface area contributed by atoms with Crippen LogP contribution >= 0.6 is 24.0 Å². The fourth-order valence-corrected chi connectivity index (χ4v) is 3.69. The van der Waals surface area contributed by atoms with Crippen molar-refractivity contribution in [1.82, 2.24) is 10.2 Å². The minimum Gasteiger partial charge on any atom is -0.352 e. The van der Waals surface area contributed by atoms with Crippen LogP contribution in [0.15, 0.2) is 35.3 Å². The Labute approximate surface area is 145 Å². The summed E-state index contributed by atoms with van der Waals surface area (Å²) in [6.45, 7) is 3.25. The summed E-state index contributed by atoms with van der Waals surface area (Å²) in [5.41, 5.74) is 1.31. The monoisotopic (exact) mass is 399 g/mol. The number of benzene rings is 1. The SMILES string of the molecule is CN=C(NCc1ccccc1)N1CC2CCCCC2C1.I. The van der Waals surface area contributed by atoms with E-state index in [-0.39, 0.29) is 24.0 Å². The average Bonchev–Trinajstić information content (AvgIpc) is 2.92. The molecule has 4 heteroatoms. The Morgan fingerprint density at radius 1 is 1.14 bits per heavy atom. The molecule has 2 unspecified atom stereocenters. The fourth-order valence-electron chi connectivity index (χ4n) is 3.69. The molecule has 116 valence electrons. The fraction of sp³-hybridized carbons (Fsp3) is 0.588. The third kappa shape index (κ3) is 4.11. The molecule has 0 aromatic heterocycles. The van der Waals surface area contributed by atoms with Gasteiger partial charge >= 0.3 is 0 Å². The van der Waals surface area contributed by atoms with E-state index in [1.54, 1.807) is 0 Å². The van der Waals surface area contributed by atoms with Crippen LogP contribution in [0.2, 0.25) is 0 Å². The van der Waals surface area contributed by atoms with Gasteiger partial charge in [-0.25, -0.2) is 0 Å². The Balaban J connectivity index is 0.00000161. The molecule has 21 heavy (non-hydrogen) atoms. The van der Waals surface area contributed by atoms with Crippen molar-refractivity contribution in [3.63, 3.8) is 0 Å². The smallest absolute Gasteiger partial charge is 0.193 e. The highest BCUT2D eigenvalue weighted by Gasteiger charge is 2.35. The molecule has 3 rings (SSSR count). The number of nitrogens with zero attached hydrogens (tertiary/aromatic N) is 2. The number of hydrogen-bond acceptors (Lipinski definition) is 1. The van der Waals surface area contributed by atoms with Crippen molar-refractivity contribution < 1.29 is 0 Å². The molecule has 0 bridgehead atoms. The lowest BCUT2D eigenvalue weighted by atomic mass is 9.82. The minimum atomic E-state index is 0. The Hall–Kier alpha value is -0.780. The third-order valence-corrected chi connectivity index (χ3v) is 4.78. The van der Waals surface area contributed by atoms with E-state index in [9.17, 15) is 0 Å². The van der Waals surface area contributed by atoms with Crippen molar-refractivity contribution in [2.75, 3.05) is 20.1 Å².